The van der Waals surface area contributed by atoms with E-state index in [0.717, 1.165) is 12.1 Å². The average Bonchev–Trinajstić information content (AvgIpc) is 2.24. The van der Waals surface area contributed by atoms with Gasteiger partial charge in [-0.2, -0.15) is 8.42 Å². The molecule has 2 N–H and O–H groups in total. The molecule has 6 nitrogen and oxygen atoms in total. The first-order chi connectivity index (χ1) is 7.86. The molecule has 0 fully saturated rings. The maximum Gasteiger partial charge on any atom is 0.506 e. The van der Waals surface area contributed by atoms with E-state index in [9.17, 15) is 13.2 Å². The summed E-state index contributed by atoms with van der Waals surface area (Å²) in [6.45, 7) is 3.35. The van der Waals surface area contributed by atoms with Crippen molar-refractivity contribution in [1.29, 1.82) is 0 Å². The Bertz CT molecular complexity index is 533. The van der Waals surface area contributed by atoms with Crippen LogP contribution in [-0.4, -0.2) is 24.2 Å². The number of benzene rings is 1. The largest absolute Gasteiger partial charge is 0.506 e. The number of hydrogen-bond acceptors (Lipinski definition) is 4. The Hall–Kier alpha value is -1.86. The van der Waals surface area contributed by atoms with Crippen LogP contribution in [0.15, 0.2) is 41.8 Å². The lowest BCUT2D eigenvalue weighted by molar-refractivity contribution is 0.0681. The summed E-state index contributed by atoms with van der Waals surface area (Å²) in [6.07, 6.45) is -1.61. The Morgan fingerprint density at radius 3 is 2.47 bits per heavy atom. The molecule has 0 aliphatic carbocycles. The molecule has 92 valence electrons. The minimum atomic E-state index is -4.45. The maximum absolute atomic E-state index is 11.1. The molecule has 0 aliphatic heterocycles. The van der Waals surface area contributed by atoms with Gasteiger partial charge in [0, 0.05) is 5.56 Å². The zero-order chi connectivity index (χ0) is 13.1. The number of ether oxygens (including phenoxy) is 1. The van der Waals surface area contributed by atoms with Crippen molar-refractivity contribution < 1.29 is 27.6 Å². The van der Waals surface area contributed by atoms with E-state index in [4.69, 9.17) is 9.66 Å². The van der Waals surface area contributed by atoms with E-state index in [0.29, 0.717) is 0 Å². The van der Waals surface area contributed by atoms with Crippen LogP contribution >= 0.6 is 0 Å². The van der Waals surface area contributed by atoms with E-state index in [1.54, 1.807) is 0 Å². The Morgan fingerprint density at radius 2 is 2.00 bits per heavy atom. The van der Waals surface area contributed by atoms with Crippen LogP contribution in [0.25, 0.3) is 0 Å². The highest BCUT2D eigenvalue weighted by molar-refractivity contribution is 7.85. The van der Waals surface area contributed by atoms with Crippen LogP contribution in [0.5, 0.6) is 0 Å². The average molecular weight is 258 g/mol. The molecule has 1 aromatic carbocycles. The molecular weight excluding hydrogens is 248 g/mol. The van der Waals surface area contributed by atoms with Gasteiger partial charge >= 0.3 is 6.16 Å². The highest BCUT2D eigenvalue weighted by Crippen LogP contribution is 2.25. The third kappa shape index (κ3) is 3.30. The lowest BCUT2D eigenvalue weighted by atomic mass is 10.1. The molecule has 0 spiro atoms. The first-order valence-electron chi connectivity index (χ1n) is 4.45. The summed E-state index contributed by atoms with van der Waals surface area (Å²) in [5.74, 6) is 0. The van der Waals surface area contributed by atoms with Gasteiger partial charge in [0.05, 0.1) is 0 Å². The van der Waals surface area contributed by atoms with Gasteiger partial charge in [0.25, 0.3) is 10.1 Å². The van der Waals surface area contributed by atoms with Crippen molar-refractivity contribution in [2.75, 3.05) is 0 Å². The smallest absolute Gasteiger partial charge is 0.450 e. The molecule has 1 rings (SSSR count). The van der Waals surface area contributed by atoms with Gasteiger partial charge in [-0.1, -0.05) is 24.8 Å². The minimum absolute atomic E-state index is 0.00685. The Labute approximate surface area is 97.9 Å². The van der Waals surface area contributed by atoms with Gasteiger partial charge < -0.3 is 9.84 Å². The van der Waals surface area contributed by atoms with Crippen LogP contribution in [-0.2, 0) is 14.9 Å². The summed E-state index contributed by atoms with van der Waals surface area (Å²) in [7, 11) is -4.45. The lowest BCUT2D eigenvalue weighted by Crippen LogP contribution is -2.11. The van der Waals surface area contributed by atoms with Gasteiger partial charge in [0.2, 0.25) is 0 Å². The van der Waals surface area contributed by atoms with E-state index in [1.165, 1.54) is 18.2 Å². The molecule has 1 atom stereocenters. The van der Waals surface area contributed by atoms with Crippen LogP contribution in [0.4, 0.5) is 4.79 Å². The topological polar surface area (TPSA) is 101 Å². The Kier molecular flexibility index (Phi) is 3.87. The quantitative estimate of drug-likeness (QED) is 0.485. The fourth-order valence-electron chi connectivity index (χ4n) is 1.30. The maximum atomic E-state index is 11.1. The Balaban J connectivity index is 3.29. The van der Waals surface area contributed by atoms with Crippen molar-refractivity contribution >= 4 is 16.3 Å². The zero-order valence-electron chi connectivity index (χ0n) is 8.61. The third-order valence-corrected chi connectivity index (χ3v) is 2.87. The molecule has 0 bridgehead atoms. The Morgan fingerprint density at radius 1 is 1.41 bits per heavy atom. The van der Waals surface area contributed by atoms with E-state index >= 15 is 0 Å². The summed E-state index contributed by atoms with van der Waals surface area (Å²) in [5, 5.41) is 8.49. The van der Waals surface area contributed by atoms with Crippen LogP contribution < -0.4 is 0 Å². The van der Waals surface area contributed by atoms with E-state index in [-0.39, 0.29) is 5.56 Å². The molecule has 1 unspecified atom stereocenters. The molecule has 17 heavy (non-hydrogen) atoms. The second-order valence-corrected chi connectivity index (χ2v) is 4.44. The highest BCUT2D eigenvalue weighted by atomic mass is 32.2. The molecular formula is C10H10O6S. The second kappa shape index (κ2) is 4.98. The molecule has 1 aromatic rings. The number of carbonyl (C=O) groups is 1. The van der Waals surface area contributed by atoms with E-state index in [2.05, 4.69) is 11.3 Å². The zero-order valence-corrected chi connectivity index (χ0v) is 9.42. The van der Waals surface area contributed by atoms with Crippen molar-refractivity contribution in [2.45, 2.75) is 11.0 Å². The molecule has 0 aromatic heterocycles. The van der Waals surface area contributed by atoms with Crippen molar-refractivity contribution in [3.63, 3.8) is 0 Å². The van der Waals surface area contributed by atoms with Gasteiger partial charge in [0.15, 0.2) is 0 Å². The monoisotopic (exact) mass is 258 g/mol. The number of hydrogen-bond donors (Lipinski definition) is 2. The lowest BCUT2D eigenvalue weighted by Gasteiger charge is -2.14. The summed E-state index contributed by atoms with van der Waals surface area (Å²) < 4.78 is 35.6. The SMILES string of the molecule is C=CC(OC(=O)O)c1ccccc1S(=O)(=O)O. The molecule has 0 saturated heterocycles. The van der Waals surface area contributed by atoms with Gasteiger partial charge in [-0.3, -0.25) is 4.55 Å². The normalized spacial score (nSPS) is 12.8. The molecule has 7 heteroatoms. The van der Waals surface area contributed by atoms with Crippen molar-refractivity contribution in [3.05, 3.63) is 42.5 Å². The summed E-state index contributed by atoms with van der Waals surface area (Å²) in [6, 6.07) is 5.37. The van der Waals surface area contributed by atoms with Gasteiger partial charge in [-0.05, 0) is 12.1 Å². The number of carboxylic acid groups (broad SMARTS) is 1. The fourth-order valence-corrected chi connectivity index (χ4v) is 2.03. The third-order valence-electron chi connectivity index (χ3n) is 1.95. The molecule has 0 aliphatic rings. The standard InChI is InChI=1S/C10H10O6S/c1-2-8(16-10(11)12)7-5-3-4-6-9(7)17(13,14)15/h2-6,8H,1H2,(H,11,12)(H,13,14,15). The van der Waals surface area contributed by atoms with Crippen LogP contribution in [0.3, 0.4) is 0 Å². The fraction of sp³-hybridized carbons (Fsp3) is 0.100. The van der Waals surface area contributed by atoms with E-state index < -0.39 is 27.3 Å². The molecule has 0 amide bonds. The van der Waals surface area contributed by atoms with Crippen molar-refractivity contribution in [3.8, 4) is 0 Å². The first-order valence-corrected chi connectivity index (χ1v) is 5.89. The predicted molar refractivity (Wildman–Crippen MR) is 58.3 cm³/mol. The van der Waals surface area contributed by atoms with Crippen LogP contribution in [0.2, 0.25) is 0 Å². The summed E-state index contributed by atoms with van der Waals surface area (Å²) >= 11 is 0. The van der Waals surface area contributed by atoms with Gasteiger partial charge in [-0.25, -0.2) is 4.79 Å². The summed E-state index contributed by atoms with van der Waals surface area (Å²) in [5.41, 5.74) is 0.00685. The molecule has 0 radical (unpaired) electrons. The van der Waals surface area contributed by atoms with Crippen LogP contribution in [0, 0.1) is 0 Å². The van der Waals surface area contributed by atoms with Crippen molar-refractivity contribution in [1.82, 2.24) is 0 Å². The molecule has 0 saturated carbocycles. The van der Waals surface area contributed by atoms with E-state index in [1.807, 2.05) is 0 Å². The highest BCUT2D eigenvalue weighted by Gasteiger charge is 2.22. The summed E-state index contributed by atoms with van der Waals surface area (Å²) in [4.78, 5) is 10.0. The number of rotatable bonds is 4. The minimum Gasteiger partial charge on any atom is -0.450 e. The van der Waals surface area contributed by atoms with Gasteiger partial charge in [-0.15, -0.1) is 0 Å². The predicted octanol–water partition coefficient (Wildman–Crippen LogP) is 1.86. The van der Waals surface area contributed by atoms with Crippen molar-refractivity contribution in [2.24, 2.45) is 0 Å². The molecule has 0 heterocycles. The first kappa shape index (κ1) is 13.2. The van der Waals surface area contributed by atoms with Gasteiger partial charge in [0.1, 0.15) is 11.0 Å². The second-order valence-electron chi connectivity index (χ2n) is 3.05. The van der Waals surface area contributed by atoms with Crippen LogP contribution in [0.1, 0.15) is 11.7 Å².